The number of halogens is 1. The fourth-order valence-corrected chi connectivity index (χ4v) is 3.18. The molecule has 0 amide bonds. The largest absolute Gasteiger partial charge is 0.488 e. The van der Waals surface area contributed by atoms with E-state index in [1.165, 1.54) is 5.56 Å². The lowest BCUT2D eigenvalue weighted by Gasteiger charge is -2.35. The molecule has 0 aliphatic heterocycles. The quantitative estimate of drug-likeness (QED) is 0.784. The van der Waals surface area contributed by atoms with Crippen molar-refractivity contribution in [2.45, 2.75) is 44.8 Å². The summed E-state index contributed by atoms with van der Waals surface area (Å²) in [4.78, 5) is 10.5. The molecule has 4 nitrogen and oxygen atoms in total. The first-order valence-corrected chi connectivity index (χ1v) is 8.83. The number of rotatable bonds is 7. The van der Waals surface area contributed by atoms with E-state index in [1.54, 1.807) is 18.2 Å². The molecule has 0 bridgehead atoms. The van der Waals surface area contributed by atoms with Gasteiger partial charge in [-0.25, -0.2) is 9.18 Å². The second-order valence-electron chi connectivity index (χ2n) is 6.90. The van der Waals surface area contributed by atoms with Crippen LogP contribution in [-0.4, -0.2) is 29.9 Å². The lowest BCUT2D eigenvalue weighted by Crippen LogP contribution is -2.31. The van der Waals surface area contributed by atoms with E-state index < -0.39 is 5.97 Å². The van der Waals surface area contributed by atoms with Crippen LogP contribution in [0.1, 0.15) is 38.2 Å². The molecule has 1 aliphatic carbocycles. The summed E-state index contributed by atoms with van der Waals surface area (Å²) >= 11 is 0. The zero-order valence-corrected chi connectivity index (χ0v) is 14.9. The van der Waals surface area contributed by atoms with Gasteiger partial charge in [0.05, 0.1) is 12.2 Å². The Morgan fingerprint density at radius 1 is 1.19 bits per heavy atom. The summed E-state index contributed by atoms with van der Waals surface area (Å²) in [6.45, 7) is 3.49. The minimum Gasteiger partial charge on any atom is -0.488 e. The number of ether oxygens (including phenoxy) is 2. The normalized spacial score (nSPS) is 19.2. The summed E-state index contributed by atoms with van der Waals surface area (Å²) in [5.41, 5.74) is 2.49. The number of carbonyl (C=O) groups is 1. The lowest BCUT2D eigenvalue weighted by atomic mass is 9.77. The molecular formula is C21H23FO4. The van der Waals surface area contributed by atoms with Crippen LogP contribution in [0.15, 0.2) is 42.5 Å². The fourth-order valence-electron chi connectivity index (χ4n) is 3.18. The maximum atomic E-state index is 14.7. The molecule has 0 heterocycles. The van der Waals surface area contributed by atoms with E-state index in [1.807, 2.05) is 38.1 Å². The first kappa shape index (κ1) is 18.4. The van der Waals surface area contributed by atoms with E-state index in [0.29, 0.717) is 11.5 Å². The summed E-state index contributed by atoms with van der Waals surface area (Å²) in [6, 6.07) is 13.0. The van der Waals surface area contributed by atoms with Crippen LogP contribution >= 0.6 is 0 Å². The molecule has 2 aromatic carbocycles. The Bertz CT molecular complexity index is 764. The van der Waals surface area contributed by atoms with E-state index in [2.05, 4.69) is 0 Å². The van der Waals surface area contributed by atoms with Gasteiger partial charge < -0.3 is 14.6 Å². The van der Waals surface area contributed by atoms with Gasteiger partial charge in [0, 0.05) is 5.56 Å². The van der Waals surface area contributed by atoms with Crippen molar-refractivity contribution in [3.63, 3.8) is 0 Å². The van der Waals surface area contributed by atoms with Gasteiger partial charge in [-0.3, -0.25) is 0 Å². The summed E-state index contributed by atoms with van der Waals surface area (Å²) in [7, 11) is 0. The van der Waals surface area contributed by atoms with Crippen LogP contribution in [0.5, 0.6) is 5.75 Å². The molecule has 0 aromatic heterocycles. The highest BCUT2D eigenvalue weighted by molar-refractivity contribution is 5.68. The van der Waals surface area contributed by atoms with E-state index in [4.69, 9.17) is 14.6 Å². The highest BCUT2D eigenvalue weighted by Gasteiger charge is 2.31. The van der Waals surface area contributed by atoms with Crippen LogP contribution in [0.25, 0.3) is 11.1 Å². The van der Waals surface area contributed by atoms with E-state index in [-0.39, 0.29) is 30.4 Å². The van der Waals surface area contributed by atoms with Gasteiger partial charge >= 0.3 is 5.97 Å². The molecule has 138 valence electrons. The Hall–Kier alpha value is -2.40. The molecule has 0 unspecified atom stereocenters. The molecule has 1 N–H and O–H groups in total. The van der Waals surface area contributed by atoms with Gasteiger partial charge in [-0.2, -0.15) is 0 Å². The van der Waals surface area contributed by atoms with Gasteiger partial charge in [0.1, 0.15) is 6.61 Å². The molecule has 0 radical (unpaired) electrons. The van der Waals surface area contributed by atoms with Crippen LogP contribution in [0.4, 0.5) is 4.39 Å². The van der Waals surface area contributed by atoms with Crippen LogP contribution < -0.4 is 4.74 Å². The molecule has 1 aliphatic rings. The minimum atomic E-state index is -0.941. The minimum absolute atomic E-state index is 0.0121. The van der Waals surface area contributed by atoms with Crippen molar-refractivity contribution in [1.29, 1.82) is 0 Å². The Morgan fingerprint density at radius 3 is 2.50 bits per heavy atom. The molecule has 0 saturated heterocycles. The van der Waals surface area contributed by atoms with Crippen molar-refractivity contribution in [2.75, 3.05) is 6.61 Å². The Balaban J connectivity index is 1.67. The Kier molecular flexibility index (Phi) is 5.57. The monoisotopic (exact) mass is 358 g/mol. The third kappa shape index (κ3) is 4.22. The second-order valence-corrected chi connectivity index (χ2v) is 6.90. The molecule has 5 heteroatoms. The number of hydrogen-bond donors (Lipinski definition) is 1. The number of carboxylic acids is 1. The third-order valence-corrected chi connectivity index (χ3v) is 4.56. The summed E-state index contributed by atoms with van der Waals surface area (Å²) in [5.74, 6) is -0.662. The topological polar surface area (TPSA) is 55.8 Å². The summed E-state index contributed by atoms with van der Waals surface area (Å²) in [6.07, 6.45) is 1.56. The van der Waals surface area contributed by atoms with Crippen LogP contribution in [0.2, 0.25) is 0 Å². The van der Waals surface area contributed by atoms with Gasteiger partial charge in [0.15, 0.2) is 11.6 Å². The van der Waals surface area contributed by atoms with Crippen LogP contribution in [-0.2, 0) is 9.53 Å². The number of aliphatic carboxylic acids is 1. The third-order valence-electron chi connectivity index (χ3n) is 4.56. The highest BCUT2D eigenvalue weighted by atomic mass is 19.1. The number of benzene rings is 2. The van der Waals surface area contributed by atoms with Gasteiger partial charge in [-0.15, -0.1) is 0 Å². The van der Waals surface area contributed by atoms with Crippen molar-refractivity contribution in [1.82, 2.24) is 0 Å². The molecule has 2 aromatic rings. The Morgan fingerprint density at radius 2 is 1.88 bits per heavy atom. The van der Waals surface area contributed by atoms with Gasteiger partial charge in [0.2, 0.25) is 0 Å². The highest BCUT2D eigenvalue weighted by Crippen LogP contribution is 2.39. The van der Waals surface area contributed by atoms with E-state index in [9.17, 15) is 9.18 Å². The molecule has 26 heavy (non-hydrogen) atoms. The molecule has 0 spiro atoms. The smallest absolute Gasteiger partial charge is 0.329 e. The number of carboxylic acid groups (broad SMARTS) is 1. The summed E-state index contributed by atoms with van der Waals surface area (Å²) < 4.78 is 25.5. The number of hydrogen-bond acceptors (Lipinski definition) is 3. The predicted octanol–water partition coefficient (Wildman–Crippen LogP) is 4.63. The maximum absolute atomic E-state index is 14.7. The molecule has 3 rings (SSSR count). The zero-order chi connectivity index (χ0) is 18.7. The van der Waals surface area contributed by atoms with Crippen molar-refractivity contribution in [2.24, 2.45) is 0 Å². The molecule has 1 saturated carbocycles. The lowest BCUT2D eigenvalue weighted by molar-refractivity contribution is -0.146. The van der Waals surface area contributed by atoms with Crippen molar-refractivity contribution in [3.05, 3.63) is 53.8 Å². The van der Waals surface area contributed by atoms with Crippen molar-refractivity contribution in [3.8, 4) is 16.9 Å². The van der Waals surface area contributed by atoms with Gasteiger partial charge in [0.25, 0.3) is 0 Å². The fraction of sp³-hybridized carbons (Fsp3) is 0.381. The van der Waals surface area contributed by atoms with Crippen LogP contribution in [0, 0.1) is 5.82 Å². The first-order valence-electron chi connectivity index (χ1n) is 8.83. The average molecular weight is 358 g/mol. The Labute approximate surface area is 152 Å². The SMILES string of the molecule is CC(C)Oc1cccc(-c2ccc([C@H]3C[C@@H](OCC(=O)O)C3)cc2)c1F. The molecular weight excluding hydrogens is 335 g/mol. The maximum Gasteiger partial charge on any atom is 0.329 e. The molecule has 0 atom stereocenters. The standard InChI is InChI=1S/C21H23FO4/c1-13(2)26-19-5-3-4-18(21(19)22)15-8-6-14(7-9-15)16-10-17(11-16)25-12-20(23)24/h3-9,13,16-17H,10-12H2,1-2H3,(H,23,24)/t16-,17+. The molecule has 1 fully saturated rings. The predicted molar refractivity (Wildman–Crippen MR) is 97.0 cm³/mol. The van der Waals surface area contributed by atoms with Gasteiger partial charge in [-0.05, 0) is 49.8 Å². The zero-order valence-electron chi connectivity index (χ0n) is 14.9. The van der Waals surface area contributed by atoms with E-state index >= 15 is 0 Å². The van der Waals surface area contributed by atoms with Crippen molar-refractivity contribution < 1.29 is 23.8 Å². The second kappa shape index (κ2) is 7.87. The van der Waals surface area contributed by atoms with Crippen LogP contribution in [0.3, 0.4) is 0 Å². The first-order chi connectivity index (χ1) is 12.4. The average Bonchev–Trinajstić information content (AvgIpc) is 2.55. The summed E-state index contributed by atoms with van der Waals surface area (Å²) in [5, 5.41) is 8.63. The van der Waals surface area contributed by atoms with Gasteiger partial charge in [-0.1, -0.05) is 36.4 Å². The van der Waals surface area contributed by atoms with Crippen molar-refractivity contribution >= 4 is 5.97 Å². The van der Waals surface area contributed by atoms with E-state index in [0.717, 1.165) is 18.4 Å².